The van der Waals surface area contributed by atoms with Gasteiger partial charge in [-0.2, -0.15) is 0 Å². The minimum atomic E-state index is -0.567. The molecule has 0 atom stereocenters. The van der Waals surface area contributed by atoms with Crippen LogP contribution in [0.3, 0.4) is 0 Å². The van der Waals surface area contributed by atoms with Gasteiger partial charge in [0.05, 0.1) is 4.92 Å². The van der Waals surface area contributed by atoms with Crippen molar-refractivity contribution < 1.29 is 9.72 Å². The quantitative estimate of drug-likeness (QED) is 0.501. The summed E-state index contributed by atoms with van der Waals surface area (Å²) in [6.45, 7) is 1.86. The molecule has 2 N–H and O–H groups in total. The molecule has 0 unspecified atom stereocenters. The molecule has 0 spiro atoms. The Balaban J connectivity index is 2.08. The molecule has 0 aliphatic carbocycles. The zero-order valence-electron chi connectivity index (χ0n) is 12.0. The van der Waals surface area contributed by atoms with Crippen molar-refractivity contribution in [1.82, 2.24) is 5.32 Å². The maximum absolute atomic E-state index is 12.1. The maximum Gasteiger partial charge on any atom is 0.270 e. The number of nitrogens with zero attached hydrogens (tertiary/aromatic N) is 1. The van der Waals surface area contributed by atoms with E-state index in [9.17, 15) is 14.9 Å². The highest BCUT2D eigenvalue weighted by molar-refractivity contribution is 7.80. The lowest BCUT2D eigenvalue weighted by Gasteiger charge is -2.12. The molecule has 0 aliphatic heterocycles. The average molecular weight is 350 g/mol. The average Bonchev–Trinajstić information content (AvgIpc) is 2.51. The summed E-state index contributed by atoms with van der Waals surface area (Å²) in [5, 5.41) is 16.7. The lowest BCUT2D eigenvalue weighted by atomic mass is 10.2. The fourth-order valence-electron chi connectivity index (χ4n) is 1.82. The first-order chi connectivity index (χ1) is 10.9. The summed E-state index contributed by atoms with van der Waals surface area (Å²) in [5.74, 6) is -0.536. The van der Waals surface area contributed by atoms with E-state index in [0.717, 1.165) is 5.56 Å². The van der Waals surface area contributed by atoms with Crippen LogP contribution in [-0.4, -0.2) is 15.9 Å². The number of non-ortho nitro benzene ring substituents is 1. The minimum absolute atomic E-state index is 0.0758. The number of hydrogen-bond donors (Lipinski definition) is 2. The van der Waals surface area contributed by atoms with Gasteiger partial charge >= 0.3 is 0 Å². The SMILES string of the molecule is Cc1ccc(Cl)cc1NC(=S)NC(=O)c1cccc([N+](=O)[O-])c1. The number of nitro groups is 1. The van der Waals surface area contributed by atoms with Crippen LogP contribution in [0.4, 0.5) is 11.4 Å². The van der Waals surface area contributed by atoms with Crippen molar-refractivity contribution in [1.29, 1.82) is 0 Å². The number of amides is 1. The van der Waals surface area contributed by atoms with Gasteiger partial charge in [-0.25, -0.2) is 0 Å². The maximum atomic E-state index is 12.1. The van der Waals surface area contributed by atoms with E-state index in [1.54, 1.807) is 12.1 Å². The van der Waals surface area contributed by atoms with Crippen LogP contribution in [0.2, 0.25) is 5.02 Å². The number of carbonyl (C=O) groups is 1. The highest BCUT2D eigenvalue weighted by Crippen LogP contribution is 2.20. The molecule has 23 heavy (non-hydrogen) atoms. The third-order valence-corrected chi connectivity index (χ3v) is 3.43. The van der Waals surface area contributed by atoms with Crippen LogP contribution in [0.25, 0.3) is 0 Å². The number of nitrogens with one attached hydrogen (secondary N) is 2. The number of anilines is 1. The first kappa shape index (κ1) is 16.9. The number of thiocarbonyl (C=S) groups is 1. The Bertz CT molecular complexity index is 795. The molecular weight excluding hydrogens is 338 g/mol. The Labute approximate surface area is 142 Å². The number of carbonyl (C=O) groups excluding carboxylic acids is 1. The zero-order chi connectivity index (χ0) is 17.0. The van der Waals surface area contributed by atoms with E-state index < -0.39 is 10.8 Å². The molecular formula is C15H12ClN3O3S. The van der Waals surface area contributed by atoms with Crippen LogP contribution in [0, 0.1) is 17.0 Å². The second kappa shape index (κ2) is 7.17. The molecule has 0 aromatic heterocycles. The van der Waals surface area contributed by atoms with Gasteiger partial charge < -0.3 is 5.32 Å². The highest BCUT2D eigenvalue weighted by Gasteiger charge is 2.13. The normalized spacial score (nSPS) is 10.0. The van der Waals surface area contributed by atoms with E-state index in [1.165, 1.54) is 24.3 Å². The summed E-state index contributed by atoms with van der Waals surface area (Å²) in [6.07, 6.45) is 0. The van der Waals surface area contributed by atoms with Crippen molar-refractivity contribution in [2.75, 3.05) is 5.32 Å². The van der Waals surface area contributed by atoms with Crippen LogP contribution in [0.15, 0.2) is 42.5 Å². The Morgan fingerprint density at radius 1 is 1.26 bits per heavy atom. The van der Waals surface area contributed by atoms with Crippen molar-refractivity contribution in [2.45, 2.75) is 6.92 Å². The molecule has 2 aromatic rings. The molecule has 0 saturated carbocycles. The number of benzene rings is 2. The summed E-state index contributed by atoms with van der Waals surface area (Å²) in [6, 6.07) is 10.6. The van der Waals surface area contributed by atoms with E-state index in [4.69, 9.17) is 23.8 Å². The van der Waals surface area contributed by atoms with Crippen LogP contribution in [0.1, 0.15) is 15.9 Å². The smallest absolute Gasteiger partial charge is 0.270 e. The van der Waals surface area contributed by atoms with Gasteiger partial charge in [-0.3, -0.25) is 20.2 Å². The van der Waals surface area contributed by atoms with Gasteiger partial charge in [0.25, 0.3) is 11.6 Å². The Hall–Kier alpha value is -2.51. The van der Waals surface area contributed by atoms with Crippen molar-refractivity contribution in [3.63, 3.8) is 0 Å². The Morgan fingerprint density at radius 3 is 2.70 bits per heavy atom. The van der Waals surface area contributed by atoms with Crippen LogP contribution >= 0.6 is 23.8 Å². The third kappa shape index (κ3) is 4.48. The summed E-state index contributed by atoms with van der Waals surface area (Å²) >= 11 is 11.0. The number of nitro benzene ring substituents is 1. The predicted octanol–water partition coefficient (Wildman–Crippen LogP) is 3.68. The van der Waals surface area contributed by atoms with Crippen LogP contribution in [-0.2, 0) is 0 Å². The number of rotatable bonds is 3. The monoisotopic (exact) mass is 349 g/mol. The summed E-state index contributed by atoms with van der Waals surface area (Å²) in [4.78, 5) is 22.2. The lowest BCUT2D eigenvalue weighted by Crippen LogP contribution is -2.34. The summed E-state index contributed by atoms with van der Waals surface area (Å²) < 4.78 is 0. The molecule has 0 fully saturated rings. The fourth-order valence-corrected chi connectivity index (χ4v) is 2.19. The summed E-state index contributed by atoms with van der Waals surface area (Å²) in [7, 11) is 0. The van der Waals surface area contributed by atoms with Gasteiger partial charge in [-0.1, -0.05) is 23.7 Å². The first-order valence-electron chi connectivity index (χ1n) is 6.50. The predicted molar refractivity (Wildman–Crippen MR) is 93.0 cm³/mol. The standard InChI is InChI=1S/C15H12ClN3O3S/c1-9-5-6-11(16)8-13(9)17-15(23)18-14(20)10-3-2-4-12(7-10)19(21)22/h2-8H,1H3,(H2,17,18,20,23). The van der Waals surface area contributed by atoms with Crippen LogP contribution in [0.5, 0.6) is 0 Å². The fraction of sp³-hybridized carbons (Fsp3) is 0.0667. The number of halogens is 1. The van der Waals surface area contributed by atoms with Gasteiger partial charge in [-0.05, 0) is 42.9 Å². The van der Waals surface area contributed by atoms with E-state index in [2.05, 4.69) is 10.6 Å². The molecule has 118 valence electrons. The molecule has 2 rings (SSSR count). The minimum Gasteiger partial charge on any atom is -0.332 e. The molecule has 6 nitrogen and oxygen atoms in total. The van der Waals surface area contributed by atoms with E-state index >= 15 is 0 Å². The molecule has 2 aromatic carbocycles. The topological polar surface area (TPSA) is 84.3 Å². The number of hydrogen-bond acceptors (Lipinski definition) is 4. The van der Waals surface area contributed by atoms with Crippen molar-refractivity contribution in [3.8, 4) is 0 Å². The van der Waals surface area contributed by atoms with Gasteiger partial charge in [0.1, 0.15) is 0 Å². The largest absolute Gasteiger partial charge is 0.332 e. The second-order valence-corrected chi connectivity index (χ2v) is 5.52. The Kier molecular flexibility index (Phi) is 5.25. The van der Waals surface area contributed by atoms with E-state index in [-0.39, 0.29) is 16.4 Å². The molecule has 0 radical (unpaired) electrons. The molecule has 0 saturated heterocycles. The van der Waals surface area contributed by atoms with E-state index in [0.29, 0.717) is 10.7 Å². The van der Waals surface area contributed by atoms with Gasteiger partial charge in [0.15, 0.2) is 5.11 Å². The molecule has 0 aliphatic rings. The van der Waals surface area contributed by atoms with E-state index in [1.807, 2.05) is 13.0 Å². The zero-order valence-corrected chi connectivity index (χ0v) is 13.6. The Morgan fingerprint density at radius 2 is 2.00 bits per heavy atom. The molecule has 1 amide bonds. The van der Waals surface area contributed by atoms with Gasteiger partial charge in [0.2, 0.25) is 0 Å². The van der Waals surface area contributed by atoms with Gasteiger partial charge in [-0.15, -0.1) is 0 Å². The van der Waals surface area contributed by atoms with Crippen molar-refractivity contribution >= 4 is 46.2 Å². The van der Waals surface area contributed by atoms with Crippen molar-refractivity contribution in [2.24, 2.45) is 0 Å². The lowest BCUT2D eigenvalue weighted by molar-refractivity contribution is -0.384. The van der Waals surface area contributed by atoms with Crippen molar-refractivity contribution in [3.05, 3.63) is 68.7 Å². The van der Waals surface area contributed by atoms with Crippen LogP contribution < -0.4 is 10.6 Å². The molecule has 0 bridgehead atoms. The first-order valence-corrected chi connectivity index (χ1v) is 7.28. The second-order valence-electron chi connectivity index (χ2n) is 4.67. The number of aryl methyl sites for hydroxylation is 1. The third-order valence-electron chi connectivity index (χ3n) is 2.99. The summed E-state index contributed by atoms with van der Waals surface area (Å²) in [5.41, 5.74) is 1.55. The van der Waals surface area contributed by atoms with Gasteiger partial charge in [0, 0.05) is 28.4 Å². The highest BCUT2D eigenvalue weighted by atomic mass is 35.5. The molecule has 0 heterocycles. The molecule has 8 heteroatoms.